The van der Waals surface area contributed by atoms with E-state index in [4.69, 9.17) is 16.3 Å². The number of hydrogen-bond acceptors (Lipinski definition) is 3. The normalized spacial score (nSPS) is 10.1. The van der Waals surface area contributed by atoms with Gasteiger partial charge in [0.1, 0.15) is 5.75 Å². The number of rotatable bonds is 2. The molecule has 0 aliphatic carbocycles. The summed E-state index contributed by atoms with van der Waals surface area (Å²) in [6.07, 6.45) is 1.12. The number of nitrogens with zero attached hydrogens (tertiary/aromatic N) is 1. The molecule has 4 nitrogen and oxygen atoms in total. The van der Waals surface area contributed by atoms with Gasteiger partial charge in [-0.1, -0.05) is 29.8 Å². The molecule has 0 radical (unpaired) electrons. The second kappa shape index (κ2) is 4.37. The summed E-state index contributed by atoms with van der Waals surface area (Å²) < 4.78 is 5.46. The predicted molar refractivity (Wildman–Crippen MR) is 61.1 cm³/mol. The van der Waals surface area contributed by atoms with Crippen molar-refractivity contribution < 1.29 is 4.74 Å². The van der Waals surface area contributed by atoms with E-state index in [0.717, 1.165) is 11.8 Å². The molecular formula is C11H9ClN2O2. The van der Waals surface area contributed by atoms with Crippen LogP contribution in [0.5, 0.6) is 11.5 Å². The van der Waals surface area contributed by atoms with E-state index in [2.05, 4.69) is 10.2 Å². The molecule has 0 saturated heterocycles. The maximum atomic E-state index is 11.5. The van der Waals surface area contributed by atoms with Crippen molar-refractivity contribution >= 4 is 11.6 Å². The molecule has 1 aromatic carbocycles. The minimum atomic E-state index is -0.355. The highest BCUT2D eigenvalue weighted by Crippen LogP contribution is 2.25. The van der Waals surface area contributed by atoms with Crippen LogP contribution in [0.2, 0.25) is 5.15 Å². The molecule has 0 aliphatic heterocycles. The van der Waals surface area contributed by atoms with Gasteiger partial charge in [0.2, 0.25) is 11.2 Å². The zero-order valence-corrected chi connectivity index (χ0v) is 9.28. The summed E-state index contributed by atoms with van der Waals surface area (Å²) >= 11 is 5.79. The van der Waals surface area contributed by atoms with Crippen LogP contribution < -0.4 is 10.2 Å². The van der Waals surface area contributed by atoms with Gasteiger partial charge in [-0.15, -0.1) is 0 Å². The number of aromatic nitrogens is 2. The molecule has 1 aromatic heterocycles. The third kappa shape index (κ3) is 2.06. The molecule has 0 bridgehead atoms. The van der Waals surface area contributed by atoms with Crippen molar-refractivity contribution in [3.63, 3.8) is 0 Å². The molecule has 0 amide bonds. The van der Waals surface area contributed by atoms with Crippen molar-refractivity contribution in [2.75, 3.05) is 0 Å². The summed E-state index contributed by atoms with van der Waals surface area (Å²) in [5.41, 5.74) is 0.571. The van der Waals surface area contributed by atoms with E-state index in [0.29, 0.717) is 5.75 Å². The van der Waals surface area contributed by atoms with Gasteiger partial charge < -0.3 is 4.74 Å². The lowest BCUT2D eigenvalue weighted by Gasteiger charge is -2.07. The molecule has 0 atom stereocenters. The van der Waals surface area contributed by atoms with E-state index in [9.17, 15) is 4.79 Å². The molecule has 1 N–H and O–H groups in total. The monoisotopic (exact) mass is 236 g/mol. The molecule has 0 saturated carbocycles. The van der Waals surface area contributed by atoms with E-state index >= 15 is 0 Å². The highest BCUT2D eigenvalue weighted by Gasteiger charge is 2.09. The van der Waals surface area contributed by atoms with E-state index in [1.807, 2.05) is 25.1 Å². The third-order valence-electron chi connectivity index (χ3n) is 2.07. The molecular weight excluding hydrogens is 228 g/mol. The number of aromatic amines is 1. The summed E-state index contributed by atoms with van der Waals surface area (Å²) in [6.45, 7) is 1.89. The molecule has 0 aliphatic rings. The minimum absolute atomic E-state index is 0.0611. The van der Waals surface area contributed by atoms with Crippen LogP contribution in [-0.4, -0.2) is 10.2 Å². The zero-order chi connectivity index (χ0) is 11.5. The van der Waals surface area contributed by atoms with Crippen LogP contribution in [0.15, 0.2) is 35.3 Å². The van der Waals surface area contributed by atoms with Crippen LogP contribution in [0, 0.1) is 6.92 Å². The van der Waals surface area contributed by atoms with Crippen molar-refractivity contribution in [1.29, 1.82) is 0 Å². The summed E-state index contributed by atoms with van der Waals surface area (Å²) in [5, 5.41) is 6.12. The Morgan fingerprint density at radius 2 is 2.12 bits per heavy atom. The first kappa shape index (κ1) is 10.7. The predicted octanol–water partition coefficient (Wildman–Crippen LogP) is 2.52. The fraction of sp³-hybridized carbons (Fsp3) is 0.0909. The number of hydrogen-bond donors (Lipinski definition) is 1. The van der Waals surface area contributed by atoms with Gasteiger partial charge >= 0.3 is 0 Å². The fourth-order valence-corrected chi connectivity index (χ4v) is 1.42. The number of aryl methyl sites for hydroxylation is 1. The Morgan fingerprint density at radius 1 is 1.38 bits per heavy atom. The Morgan fingerprint density at radius 3 is 2.81 bits per heavy atom. The van der Waals surface area contributed by atoms with Crippen LogP contribution in [0.25, 0.3) is 0 Å². The largest absolute Gasteiger partial charge is 0.450 e. The number of H-pyrrole nitrogens is 1. The van der Waals surface area contributed by atoms with Gasteiger partial charge in [-0.2, -0.15) is 5.10 Å². The van der Waals surface area contributed by atoms with Gasteiger partial charge in [0.15, 0.2) is 5.15 Å². The van der Waals surface area contributed by atoms with Gasteiger partial charge in [-0.05, 0) is 18.6 Å². The van der Waals surface area contributed by atoms with Crippen molar-refractivity contribution in [1.82, 2.24) is 10.2 Å². The molecule has 0 fully saturated rings. The summed E-state index contributed by atoms with van der Waals surface area (Å²) in [5.74, 6) is 0.659. The number of benzene rings is 1. The van der Waals surface area contributed by atoms with Gasteiger partial charge in [0.05, 0.1) is 6.20 Å². The van der Waals surface area contributed by atoms with Crippen LogP contribution in [-0.2, 0) is 0 Å². The van der Waals surface area contributed by atoms with E-state index in [1.54, 1.807) is 6.07 Å². The van der Waals surface area contributed by atoms with Crippen LogP contribution >= 0.6 is 11.6 Å². The summed E-state index contributed by atoms with van der Waals surface area (Å²) in [6, 6.07) is 7.37. The number of para-hydroxylation sites is 1. The van der Waals surface area contributed by atoms with Crippen LogP contribution in [0.3, 0.4) is 0 Å². The second-order valence-electron chi connectivity index (χ2n) is 3.24. The summed E-state index contributed by atoms with van der Waals surface area (Å²) in [7, 11) is 0. The highest BCUT2D eigenvalue weighted by atomic mass is 35.5. The minimum Gasteiger partial charge on any atom is -0.450 e. The summed E-state index contributed by atoms with van der Waals surface area (Å²) in [4.78, 5) is 11.5. The maximum absolute atomic E-state index is 11.5. The lowest BCUT2D eigenvalue weighted by atomic mass is 10.2. The van der Waals surface area contributed by atoms with Gasteiger partial charge in [-0.25, -0.2) is 0 Å². The SMILES string of the molecule is Cc1ccccc1Oc1c(Cl)[nH]ncc1=O. The Hall–Kier alpha value is -1.81. The van der Waals surface area contributed by atoms with Crippen LogP contribution in [0.1, 0.15) is 5.56 Å². The Balaban J connectivity index is 2.42. The van der Waals surface area contributed by atoms with Crippen molar-refractivity contribution in [2.45, 2.75) is 6.92 Å². The lowest BCUT2D eigenvalue weighted by molar-refractivity contribution is 0.470. The van der Waals surface area contributed by atoms with Crippen molar-refractivity contribution in [3.05, 3.63) is 51.4 Å². The Labute approximate surface area is 96.8 Å². The maximum Gasteiger partial charge on any atom is 0.244 e. The highest BCUT2D eigenvalue weighted by molar-refractivity contribution is 6.30. The van der Waals surface area contributed by atoms with Gasteiger partial charge in [-0.3, -0.25) is 9.89 Å². The lowest BCUT2D eigenvalue weighted by Crippen LogP contribution is -2.07. The van der Waals surface area contributed by atoms with E-state index in [1.165, 1.54) is 0 Å². The average Bonchev–Trinajstić information content (AvgIpc) is 2.26. The molecule has 0 spiro atoms. The molecule has 82 valence electrons. The molecule has 16 heavy (non-hydrogen) atoms. The molecule has 5 heteroatoms. The fourth-order valence-electron chi connectivity index (χ4n) is 1.24. The smallest absolute Gasteiger partial charge is 0.244 e. The Kier molecular flexibility index (Phi) is 2.92. The van der Waals surface area contributed by atoms with Gasteiger partial charge in [0.25, 0.3) is 0 Å². The number of nitrogens with one attached hydrogen (secondary N) is 1. The third-order valence-corrected chi connectivity index (χ3v) is 2.33. The number of halogens is 1. The topological polar surface area (TPSA) is 55.0 Å². The van der Waals surface area contributed by atoms with E-state index in [-0.39, 0.29) is 16.3 Å². The molecule has 2 rings (SSSR count). The van der Waals surface area contributed by atoms with Crippen molar-refractivity contribution in [2.24, 2.45) is 0 Å². The van der Waals surface area contributed by atoms with Gasteiger partial charge in [0, 0.05) is 0 Å². The second-order valence-corrected chi connectivity index (χ2v) is 3.62. The molecule has 0 unspecified atom stereocenters. The quantitative estimate of drug-likeness (QED) is 0.872. The molecule has 1 heterocycles. The number of ether oxygens (including phenoxy) is 1. The first-order chi connectivity index (χ1) is 7.68. The van der Waals surface area contributed by atoms with E-state index < -0.39 is 0 Å². The standard InChI is InChI=1S/C11H9ClN2O2/c1-7-4-2-3-5-9(7)16-10-8(15)6-13-14-11(10)12/h2-6H,1H3,(H,14,15). The van der Waals surface area contributed by atoms with Crippen molar-refractivity contribution in [3.8, 4) is 11.5 Å². The average molecular weight is 237 g/mol. The zero-order valence-electron chi connectivity index (χ0n) is 8.53. The van der Waals surface area contributed by atoms with Crippen LogP contribution in [0.4, 0.5) is 0 Å². The molecule has 2 aromatic rings. The first-order valence-corrected chi connectivity index (χ1v) is 5.03. The first-order valence-electron chi connectivity index (χ1n) is 4.65. The Bertz CT molecular complexity index is 566.